The maximum atomic E-state index is 4.89. The summed E-state index contributed by atoms with van der Waals surface area (Å²) in [7, 11) is 4.13. The molecular formula is C14H18BrN3S2. The number of hydrogen-bond donors (Lipinski definition) is 1. The number of hydrogen-bond acceptors (Lipinski definition) is 5. The molecule has 0 bridgehead atoms. The molecule has 1 fully saturated rings. The summed E-state index contributed by atoms with van der Waals surface area (Å²) in [4.78, 5) is 9.91. The summed E-state index contributed by atoms with van der Waals surface area (Å²) in [6.07, 6.45) is 2.61. The summed E-state index contributed by atoms with van der Waals surface area (Å²) in [5.74, 6) is 0.715. The van der Waals surface area contributed by atoms with Crippen molar-refractivity contribution in [2.75, 3.05) is 19.0 Å². The first-order valence-electron chi connectivity index (χ1n) is 6.75. The Hall–Kier alpha value is -0.430. The molecule has 0 atom stereocenters. The number of nitrogens with one attached hydrogen (secondary N) is 1. The zero-order valence-electron chi connectivity index (χ0n) is 11.6. The summed E-state index contributed by atoms with van der Waals surface area (Å²) in [5, 5.41) is 6.53. The molecule has 0 radical (unpaired) electrons. The van der Waals surface area contributed by atoms with Crippen molar-refractivity contribution in [3.8, 4) is 0 Å². The fourth-order valence-corrected chi connectivity index (χ4v) is 4.84. The van der Waals surface area contributed by atoms with Gasteiger partial charge in [-0.3, -0.25) is 0 Å². The topological polar surface area (TPSA) is 28.2 Å². The van der Waals surface area contributed by atoms with Gasteiger partial charge in [-0.1, -0.05) is 0 Å². The van der Waals surface area contributed by atoms with Gasteiger partial charge in [-0.05, 0) is 41.9 Å². The number of thiophene rings is 1. The van der Waals surface area contributed by atoms with E-state index in [4.69, 9.17) is 4.98 Å². The van der Waals surface area contributed by atoms with Crippen molar-refractivity contribution in [1.82, 2.24) is 10.3 Å². The Morgan fingerprint density at radius 3 is 2.90 bits per heavy atom. The van der Waals surface area contributed by atoms with Gasteiger partial charge in [0.15, 0.2) is 5.13 Å². The first-order valence-corrected chi connectivity index (χ1v) is 9.24. The van der Waals surface area contributed by atoms with E-state index in [1.54, 1.807) is 11.3 Å². The highest BCUT2D eigenvalue weighted by molar-refractivity contribution is 9.10. The molecule has 0 saturated heterocycles. The van der Waals surface area contributed by atoms with Crippen molar-refractivity contribution < 1.29 is 0 Å². The third kappa shape index (κ3) is 3.24. The van der Waals surface area contributed by atoms with E-state index in [2.05, 4.69) is 44.6 Å². The molecule has 0 amide bonds. The van der Waals surface area contributed by atoms with Crippen LogP contribution in [0, 0.1) is 0 Å². The molecule has 2 aromatic rings. The quantitative estimate of drug-likeness (QED) is 0.824. The predicted molar refractivity (Wildman–Crippen MR) is 91.0 cm³/mol. The molecule has 1 saturated carbocycles. The monoisotopic (exact) mass is 371 g/mol. The normalized spacial score (nSPS) is 14.8. The Morgan fingerprint density at radius 1 is 1.50 bits per heavy atom. The van der Waals surface area contributed by atoms with E-state index in [0.29, 0.717) is 5.92 Å². The van der Waals surface area contributed by atoms with Crippen LogP contribution in [0.15, 0.2) is 15.9 Å². The number of anilines is 1. The summed E-state index contributed by atoms with van der Waals surface area (Å²) in [6.45, 7) is 1.86. The fourth-order valence-electron chi connectivity index (χ4n) is 2.22. The number of aromatic nitrogens is 1. The Bertz CT molecular complexity index is 589. The second-order valence-electron chi connectivity index (χ2n) is 5.20. The molecular weight excluding hydrogens is 354 g/mol. The van der Waals surface area contributed by atoms with E-state index in [1.165, 1.54) is 32.8 Å². The predicted octanol–water partition coefficient (Wildman–Crippen LogP) is 4.20. The zero-order chi connectivity index (χ0) is 14.1. The molecule has 2 aromatic heterocycles. The lowest BCUT2D eigenvalue weighted by Crippen LogP contribution is -2.15. The SMILES string of the molecule is CNCc1sc(N(C)Cc2cc(Br)cs2)nc1C1CC1. The van der Waals surface area contributed by atoms with Gasteiger partial charge in [-0.25, -0.2) is 4.98 Å². The van der Waals surface area contributed by atoms with E-state index in [-0.39, 0.29) is 0 Å². The first-order chi connectivity index (χ1) is 9.67. The molecule has 0 aromatic carbocycles. The van der Waals surface area contributed by atoms with Crippen LogP contribution in [0.5, 0.6) is 0 Å². The van der Waals surface area contributed by atoms with Crippen LogP contribution in [-0.2, 0) is 13.1 Å². The van der Waals surface area contributed by atoms with Gasteiger partial charge in [0.25, 0.3) is 0 Å². The van der Waals surface area contributed by atoms with Crippen molar-refractivity contribution >= 4 is 43.7 Å². The largest absolute Gasteiger partial charge is 0.346 e. The Morgan fingerprint density at radius 2 is 2.30 bits per heavy atom. The van der Waals surface area contributed by atoms with Crippen molar-refractivity contribution in [2.24, 2.45) is 0 Å². The molecule has 3 nitrogen and oxygen atoms in total. The molecule has 1 N–H and O–H groups in total. The van der Waals surface area contributed by atoms with Gasteiger partial charge < -0.3 is 10.2 Å². The molecule has 108 valence electrons. The highest BCUT2D eigenvalue weighted by Gasteiger charge is 2.30. The zero-order valence-corrected chi connectivity index (χ0v) is 14.9. The Labute approximate surface area is 136 Å². The Kier molecular flexibility index (Phi) is 4.45. The van der Waals surface area contributed by atoms with Gasteiger partial charge >= 0.3 is 0 Å². The smallest absolute Gasteiger partial charge is 0.185 e. The first kappa shape index (κ1) is 14.5. The number of nitrogens with zero attached hydrogens (tertiary/aromatic N) is 2. The average molecular weight is 372 g/mol. The maximum absolute atomic E-state index is 4.89. The summed E-state index contributed by atoms with van der Waals surface area (Å²) in [5.41, 5.74) is 1.33. The van der Waals surface area contributed by atoms with Crippen molar-refractivity contribution in [3.63, 3.8) is 0 Å². The van der Waals surface area contributed by atoms with E-state index < -0.39 is 0 Å². The van der Waals surface area contributed by atoms with Gasteiger partial charge in [0.1, 0.15) is 0 Å². The molecule has 0 spiro atoms. The summed E-state index contributed by atoms with van der Waals surface area (Å²) in [6, 6.07) is 2.19. The third-order valence-corrected chi connectivity index (χ3v) is 6.23. The van der Waals surface area contributed by atoms with Gasteiger partial charge in [0.2, 0.25) is 0 Å². The second kappa shape index (κ2) is 6.13. The van der Waals surface area contributed by atoms with Gasteiger partial charge in [-0.2, -0.15) is 0 Å². The minimum atomic E-state index is 0.715. The van der Waals surface area contributed by atoms with Crippen LogP contribution < -0.4 is 10.2 Å². The minimum absolute atomic E-state index is 0.715. The minimum Gasteiger partial charge on any atom is -0.346 e. The van der Waals surface area contributed by atoms with Gasteiger partial charge in [0.05, 0.1) is 12.2 Å². The van der Waals surface area contributed by atoms with Gasteiger partial charge in [0, 0.05) is 39.1 Å². The van der Waals surface area contributed by atoms with E-state index in [9.17, 15) is 0 Å². The average Bonchev–Trinajstić information content (AvgIpc) is 3.05. The lowest BCUT2D eigenvalue weighted by atomic mass is 10.2. The highest BCUT2D eigenvalue weighted by Crippen LogP contribution is 2.44. The van der Waals surface area contributed by atoms with Crippen molar-refractivity contribution in [1.29, 1.82) is 0 Å². The fraction of sp³-hybridized carbons (Fsp3) is 0.500. The molecule has 0 aliphatic heterocycles. The van der Waals surface area contributed by atoms with Crippen LogP contribution in [0.4, 0.5) is 5.13 Å². The molecule has 0 unspecified atom stereocenters. The number of halogens is 1. The maximum Gasteiger partial charge on any atom is 0.185 e. The molecule has 6 heteroatoms. The Balaban J connectivity index is 1.76. The van der Waals surface area contributed by atoms with Crippen molar-refractivity contribution in [3.05, 3.63) is 31.4 Å². The van der Waals surface area contributed by atoms with Crippen LogP contribution in [0.3, 0.4) is 0 Å². The number of rotatable bonds is 6. The lowest BCUT2D eigenvalue weighted by Gasteiger charge is -2.14. The summed E-state index contributed by atoms with van der Waals surface area (Å²) < 4.78 is 1.17. The standard InChI is InChI=1S/C14H18BrN3S2/c1-16-6-12-13(9-3-4-9)17-14(20-12)18(2)7-11-5-10(15)8-19-11/h5,8-9,16H,3-4,6-7H2,1-2H3. The van der Waals surface area contributed by atoms with Crippen LogP contribution in [-0.4, -0.2) is 19.1 Å². The number of thiazole rings is 1. The second-order valence-corrected chi connectivity index (χ2v) is 8.17. The molecule has 2 heterocycles. The van der Waals surface area contributed by atoms with E-state index >= 15 is 0 Å². The van der Waals surface area contributed by atoms with Crippen LogP contribution in [0.25, 0.3) is 0 Å². The molecule has 1 aliphatic carbocycles. The lowest BCUT2D eigenvalue weighted by molar-refractivity contribution is 0.811. The van der Waals surface area contributed by atoms with Crippen molar-refractivity contribution in [2.45, 2.75) is 31.8 Å². The molecule has 1 aliphatic rings. The third-order valence-electron chi connectivity index (χ3n) is 3.36. The molecule has 3 rings (SSSR count). The summed E-state index contributed by atoms with van der Waals surface area (Å²) >= 11 is 7.13. The van der Waals surface area contributed by atoms with Crippen LogP contribution >= 0.6 is 38.6 Å². The van der Waals surface area contributed by atoms with Crippen LogP contribution in [0.1, 0.15) is 34.2 Å². The highest BCUT2D eigenvalue weighted by atomic mass is 79.9. The van der Waals surface area contributed by atoms with E-state index in [1.807, 2.05) is 18.4 Å². The van der Waals surface area contributed by atoms with Crippen LogP contribution in [0.2, 0.25) is 0 Å². The van der Waals surface area contributed by atoms with Gasteiger partial charge in [-0.15, -0.1) is 22.7 Å². The molecule has 20 heavy (non-hydrogen) atoms. The van der Waals surface area contributed by atoms with E-state index in [0.717, 1.165) is 18.2 Å².